The molecule has 0 saturated heterocycles. The normalized spacial score (nSPS) is 15.6. The van der Waals surface area contributed by atoms with Gasteiger partial charge in [0.05, 0.1) is 6.10 Å². The first-order chi connectivity index (χ1) is 16.3. The van der Waals surface area contributed by atoms with Gasteiger partial charge < -0.3 is 31.9 Å². The fraction of sp³-hybridized carbons (Fsp3) is 0.600. The first kappa shape index (κ1) is 30.1. The highest BCUT2D eigenvalue weighted by atomic mass is 16.4. The molecule has 1 rings (SSSR count). The minimum Gasteiger partial charge on any atom is -0.480 e. The maximum Gasteiger partial charge on any atom is 0.326 e. The van der Waals surface area contributed by atoms with Crippen molar-refractivity contribution >= 4 is 23.7 Å². The molecule has 0 bridgehead atoms. The van der Waals surface area contributed by atoms with Crippen molar-refractivity contribution in [2.75, 3.05) is 0 Å². The third-order valence-corrected chi connectivity index (χ3v) is 5.40. The molecule has 1 aromatic carbocycles. The Morgan fingerprint density at radius 2 is 1.23 bits per heavy atom. The van der Waals surface area contributed by atoms with Crippen LogP contribution in [-0.4, -0.2) is 64.2 Å². The van der Waals surface area contributed by atoms with Crippen molar-refractivity contribution in [1.29, 1.82) is 0 Å². The van der Waals surface area contributed by atoms with E-state index in [0.29, 0.717) is 0 Å². The van der Waals surface area contributed by atoms with Crippen LogP contribution in [0.5, 0.6) is 0 Å². The van der Waals surface area contributed by atoms with Crippen LogP contribution in [-0.2, 0) is 25.6 Å². The molecule has 5 atom stereocenters. The second-order valence-electron chi connectivity index (χ2n) is 9.74. The van der Waals surface area contributed by atoms with E-state index in [0.717, 1.165) is 5.56 Å². The molecule has 10 heteroatoms. The molecule has 196 valence electrons. The minimum absolute atomic E-state index is 0.0256. The maximum atomic E-state index is 13.2. The molecule has 0 aromatic heterocycles. The Labute approximate surface area is 207 Å². The van der Waals surface area contributed by atoms with E-state index in [1.54, 1.807) is 24.3 Å². The van der Waals surface area contributed by atoms with E-state index in [1.165, 1.54) is 6.92 Å². The van der Waals surface area contributed by atoms with Crippen molar-refractivity contribution in [3.8, 4) is 0 Å². The number of carbonyl (C=O) groups is 4. The molecule has 0 radical (unpaired) electrons. The van der Waals surface area contributed by atoms with Crippen LogP contribution in [0, 0.1) is 11.8 Å². The summed E-state index contributed by atoms with van der Waals surface area (Å²) in [5.41, 5.74) is 6.47. The summed E-state index contributed by atoms with van der Waals surface area (Å²) in [5, 5.41) is 26.9. The summed E-state index contributed by atoms with van der Waals surface area (Å²) in [6, 6.07) is 4.62. The fourth-order valence-corrected chi connectivity index (χ4v) is 3.49. The topological polar surface area (TPSA) is 171 Å². The standard InChI is InChI=1S/C25H40N4O6/c1-14(2)11-18(28-24(33)21(26)16(5)30)22(31)27-19(13-17-9-7-6-8-10-17)23(32)29-20(25(34)35)12-15(3)4/h6-10,14-16,18-21,30H,11-13,26H2,1-5H3,(H,27,31)(H,28,33)(H,29,32)(H,34,35). The largest absolute Gasteiger partial charge is 0.480 e. The Bertz CT molecular complexity index is 844. The summed E-state index contributed by atoms with van der Waals surface area (Å²) in [7, 11) is 0. The molecule has 0 heterocycles. The second kappa shape index (κ2) is 14.4. The van der Waals surface area contributed by atoms with Gasteiger partial charge in [-0.3, -0.25) is 14.4 Å². The van der Waals surface area contributed by atoms with Gasteiger partial charge in [-0.2, -0.15) is 0 Å². The van der Waals surface area contributed by atoms with Crippen LogP contribution in [0.1, 0.15) is 53.0 Å². The molecule has 5 unspecified atom stereocenters. The van der Waals surface area contributed by atoms with Gasteiger partial charge in [0.1, 0.15) is 24.2 Å². The molecular formula is C25H40N4O6. The van der Waals surface area contributed by atoms with Gasteiger partial charge in [0.15, 0.2) is 0 Å². The Kier molecular flexibility index (Phi) is 12.4. The Morgan fingerprint density at radius 1 is 0.771 bits per heavy atom. The minimum atomic E-state index is -1.21. The number of aliphatic hydroxyl groups excluding tert-OH is 1. The summed E-state index contributed by atoms with van der Waals surface area (Å²) >= 11 is 0. The fourth-order valence-electron chi connectivity index (χ4n) is 3.49. The van der Waals surface area contributed by atoms with Crippen molar-refractivity contribution in [3.05, 3.63) is 35.9 Å². The van der Waals surface area contributed by atoms with Crippen LogP contribution >= 0.6 is 0 Å². The number of nitrogens with two attached hydrogens (primary N) is 1. The van der Waals surface area contributed by atoms with Crippen LogP contribution in [0.4, 0.5) is 0 Å². The Morgan fingerprint density at radius 3 is 1.71 bits per heavy atom. The number of benzene rings is 1. The van der Waals surface area contributed by atoms with Crippen molar-refractivity contribution < 1.29 is 29.4 Å². The van der Waals surface area contributed by atoms with Crippen LogP contribution in [0.25, 0.3) is 0 Å². The number of hydrogen-bond acceptors (Lipinski definition) is 6. The van der Waals surface area contributed by atoms with Crippen LogP contribution in [0.3, 0.4) is 0 Å². The zero-order chi connectivity index (χ0) is 26.7. The average Bonchev–Trinajstić information content (AvgIpc) is 2.76. The summed E-state index contributed by atoms with van der Waals surface area (Å²) < 4.78 is 0. The van der Waals surface area contributed by atoms with Crippen molar-refractivity contribution in [1.82, 2.24) is 16.0 Å². The van der Waals surface area contributed by atoms with Crippen molar-refractivity contribution in [2.24, 2.45) is 17.6 Å². The van der Waals surface area contributed by atoms with E-state index in [1.807, 2.05) is 33.8 Å². The number of carboxylic acid groups (broad SMARTS) is 1. The van der Waals surface area contributed by atoms with Gasteiger partial charge in [0, 0.05) is 6.42 Å². The van der Waals surface area contributed by atoms with Gasteiger partial charge in [0.25, 0.3) is 0 Å². The number of aliphatic hydroxyl groups is 1. The lowest BCUT2D eigenvalue weighted by atomic mass is 9.99. The first-order valence-electron chi connectivity index (χ1n) is 11.9. The third-order valence-electron chi connectivity index (χ3n) is 5.40. The second-order valence-corrected chi connectivity index (χ2v) is 9.74. The molecule has 1 aromatic rings. The zero-order valence-corrected chi connectivity index (χ0v) is 21.2. The molecular weight excluding hydrogens is 452 g/mol. The number of amides is 3. The SMILES string of the molecule is CC(C)CC(NC(=O)C(Cc1ccccc1)NC(=O)C(CC(C)C)NC(=O)C(N)C(C)O)C(=O)O. The Balaban J connectivity index is 3.13. The molecule has 0 aliphatic rings. The summed E-state index contributed by atoms with van der Waals surface area (Å²) in [6.07, 6.45) is -0.476. The summed E-state index contributed by atoms with van der Waals surface area (Å²) in [5.74, 6) is -3.02. The quantitative estimate of drug-likeness (QED) is 0.220. The first-order valence-corrected chi connectivity index (χ1v) is 11.9. The molecule has 35 heavy (non-hydrogen) atoms. The number of rotatable bonds is 14. The van der Waals surface area contributed by atoms with Crippen molar-refractivity contribution in [3.63, 3.8) is 0 Å². The van der Waals surface area contributed by atoms with E-state index in [4.69, 9.17) is 5.73 Å². The van der Waals surface area contributed by atoms with Crippen LogP contribution < -0.4 is 21.7 Å². The molecule has 0 aliphatic heterocycles. The lowest BCUT2D eigenvalue weighted by Crippen LogP contribution is -2.58. The molecule has 0 aliphatic carbocycles. The molecule has 0 fully saturated rings. The van der Waals surface area contributed by atoms with Gasteiger partial charge in [-0.15, -0.1) is 0 Å². The predicted octanol–water partition coefficient (Wildman–Crippen LogP) is 0.568. The third kappa shape index (κ3) is 10.9. The lowest BCUT2D eigenvalue weighted by molar-refractivity contribution is -0.142. The number of aliphatic carboxylic acids is 1. The highest BCUT2D eigenvalue weighted by Crippen LogP contribution is 2.10. The number of carboxylic acids is 1. The van der Waals surface area contributed by atoms with Gasteiger partial charge in [0.2, 0.25) is 17.7 Å². The van der Waals surface area contributed by atoms with Crippen LogP contribution in [0.15, 0.2) is 30.3 Å². The zero-order valence-electron chi connectivity index (χ0n) is 21.2. The monoisotopic (exact) mass is 492 g/mol. The molecule has 10 nitrogen and oxygen atoms in total. The summed E-state index contributed by atoms with van der Waals surface area (Å²) in [6.45, 7) is 8.82. The van der Waals surface area contributed by atoms with Crippen LogP contribution in [0.2, 0.25) is 0 Å². The highest BCUT2D eigenvalue weighted by Gasteiger charge is 2.31. The lowest BCUT2D eigenvalue weighted by Gasteiger charge is -2.26. The van der Waals surface area contributed by atoms with E-state index < -0.39 is 54.0 Å². The van der Waals surface area contributed by atoms with E-state index in [-0.39, 0.29) is 31.1 Å². The average molecular weight is 493 g/mol. The van der Waals surface area contributed by atoms with Crippen molar-refractivity contribution in [2.45, 2.75) is 84.2 Å². The smallest absolute Gasteiger partial charge is 0.326 e. The van der Waals surface area contributed by atoms with Gasteiger partial charge in [-0.1, -0.05) is 58.0 Å². The highest BCUT2D eigenvalue weighted by molar-refractivity contribution is 5.94. The van der Waals surface area contributed by atoms with Gasteiger partial charge in [-0.25, -0.2) is 4.79 Å². The van der Waals surface area contributed by atoms with E-state index in [9.17, 15) is 29.4 Å². The van der Waals surface area contributed by atoms with Gasteiger partial charge >= 0.3 is 5.97 Å². The van der Waals surface area contributed by atoms with E-state index in [2.05, 4.69) is 16.0 Å². The number of hydrogen-bond donors (Lipinski definition) is 6. The maximum absolute atomic E-state index is 13.2. The molecule has 0 spiro atoms. The summed E-state index contributed by atoms with van der Waals surface area (Å²) in [4.78, 5) is 50.4. The molecule has 0 saturated carbocycles. The Hall–Kier alpha value is -2.98. The number of nitrogens with one attached hydrogen (secondary N) is 3. The predicted molar refractivity (Wildman–Crippen MR) is 132 cm³/mol. The number of carbonyl (C=O) groups excluding carboxylic acids is 3. The molecule has 7 N–H and O–H groups in total. The molecule has 3 amide bonds. The van der Waals surface area contributed by atoms with E-state index >= 15 is 0 Å². The van der Waals surface area contributed by atoms with Gasteiger partial charge in [-0.05, 0) is 37.2 Å².